The molecule has 0 saturated carbocycles. The number of halogens is 4. The second kappa shape index (κ2) is 10.4. The minimum absolute atomic E-state index is 0.152. The highest BCUT2D eigenvalue weighted by Gasteiger charge is 2.17. The van der Waals surface area contributed by atoms with Crippen molar-refractivity contribution in [2.45, 2.75) is 13.5 Å². The van der Waals surface area contributed by atoms with E-state index in [4.69, 9.17) is 9.47 Å². The molecule has 0 bridgehead atoms. The number of ether oxygens (including phenoxy) is 2. The first kappa shape index (κ1) is 24.6. The predicted molar refractivity (Wildman–Crippen MR) is 141 cm³/mol. The number of nitrogens with zero attached hydrogens (tertiary/aromatic N) is 3. The number of fused-ring (bicyclic) bond motifs is 1. The van der Waals surface area contributed by atoms with Gasteiger partial charge in [0.05, 0.1) is 28.7 Å². The Balaban J connectivity index is 1.69. The average Bonchev–Trinajstić information content (AvgIpc) is 2.81. The van der Waals surface area contributed by atoms with Crippen LogP contribution in [0.3, 0.4) is 0 Å². The summed E-state index contributed by atoms with van der Waals surface area (Å²) in [6, 6.07) is 13.2. The van der Waals surface area contributed by atoms with Gasteiger partial charge in [-0.25, -0.2) is 9.37 Å². The van der Waals surface area contributed by atoms with Crippen molar-refractivity contribution in [3.8, 4) is 11.5 Å². The molecule has 4 aromatic rings. The highest BCUT2D eigenvalue weighted by atomic mass is 79.9. The molecule has 0 radical (unpaired) electrons. The van der Waals surface area contributed by atoms with Crippen LogP contribution in [0.1, 0.15) is 17.0 Å². The van der Waals surface area contributed by atoms with Gasteiger partial charge in [-0.2, -0.15) is 9.78 Å². The van der Waals surface area contributed by atoms with E-state index in [2.05, 4.69) is 57.9 Å². The van der Waals surface area contributed by atoms with E-state index in [-0.39, 0.29) is 18.0 Å². The van der Waals surface area contributed by atoms with Crippen LogP contribution in [0, 0.1) is 12.7 Å². The fourth-order valence-corrected chi connectivity index (χ4v) is 4.58. The molecule has 0 aliphatic carbocycles. The minimum atomic E-state index is -0.332. The van der Waals surface area contributed by atoms with Crippen LogP contribution in [0.2, 0.25) is 0 Å². The lowest BCUT2D eigenvalue weighted by molar-refractivity contribution is 0.282. The number of hydrogen-bond donors (Lipinski definition) is 0. The maximum Gasteiger partial charge on any atom is 0.282 e. The van der Waals surface area contributed by atoms with E-state index in [9.17, 15) is 9.18 Å². The van der Waals surface area contributed by atoms with Crippen molar-refractivity contribution < 1.29 is 13.9 Å². The lowest BCUT2D eigenvalue weighted by atomic mass is 10.2. The van der Waals surface area contributed by atoms with Gasteiger partial charge < -0.3 is 9.47 Å². The summed E-state index contributed by atoms with van der Waals surface area (Å²) < 4.78 is 28.2. The molecule has 10 heteroatoms. The summed E-state index contributed by atoms with van der Waals surface area (Å²) in [5.74, 6) is 1.01. The molecule has 0 spiro atoms. The lowest BCUT2D eigenvalue weighted by Crippen LogP contribution is -2.20. The summed E-state index contributed by atoms with van der Waals surface area (Å²) >= 11 is 10.5. The standard InChI is InChI=1S/C24H17Br3FN3O3/c1-13-30-19-7-6-16(25)10-18(19)24(32)31(13)29-11-15-9-20(33-2)23(22(27)21(15)26)34-12-14-4-3-5-17(28)8-14/h3-11H,12H2,1-2H3. The summed E-state index contributed by atoms with van der Waals surface area (Å²) in [5, 5.41) is 4.83. The predicted octanol–water partition coefficient (Wildman–Crippen LogP) is 6.60. The molecule has 0 N–H and O–H groups in total. The Morgan fingerprint density at radius 3 is 2.65 bits per heavy atom. The molecular formula is C24H17Br3FN3O3. The topological polar surface area (TPSA) is 65.7 Å². The molecule has 174 valence electrons. The van der Waals surface area contributed by atoms with E-state index < -0.39 is 0 Å². The van der Waals surface area contributed by atoms with Gasteiger partial charge >= 0.3 is 0 Å². The normalized spacial score (nSPS) is 11.4. The highest BCUT2D eigenvalue weighted by Crippen LogP contribution is 2.42. The molecule has 0 unspecified atom stereocenters. The summed E-state index contributed by atoms with van der Waals surface area (Å²) in [5.41, 5.74) is 1.64. The van der Waals surface area contributed by atoms with Gasteiger partial charge in [-0.1, -0.05) is 28.1 Å². The maximum atomic E-state index is 13.5. The first-order valence-corrected chi connectivity index (χ1v) is 12.3. The van der Waals surface area contributed by atoms with Crippen LogP contribution in [0.5, 0.6) is 11.5 Å². The lowest BCUT2D eigenvalue weighted by Gasteiger charge is -2.15. The van der Waals surface area contributed by atoms with Crippen molar-refractivity contribution in [1.82, 2.24) is 9.66 Å². The first-order chi connectivity index (χ1) is 16.3. The van der Waals surface area contributed by atoms with Gasteiger partial charge in [-0.15, -0.1) is 0 Å². The average molecular weight is 654 g/mol. The Bertz CT molecular complexity index is 1490. The summed E-state index contributed by atoms with van der Waals surface area (Å²) in [6.07, 6.45) is 1.54. The van der Waals surface area contributed by atoms with Gasteiger partial charge in [0.1, 0.15) is 18.2 Å². The number of benzene rings is 3. The fraction of sp³-hybridized carbons (Fsp3) is 0.125. The largest absolute Gasteiger partial charge is 0.493 e. The van der Waals surface area contributed by atoms with Crippen molar-refractivity contribution in [3.05, 3.63) is 95.1 Å². The third kappa shape index (κ3) is 5.08. The smallest absolute Gasteiger partial charge is 0.282 e. The fourth-order valence-electron chi connectivity index (χ4n) is 3.28. The Kier molecular flexibility index (Phi) is 7.49. The molecule has 0 fully saturated rings. The van der Waals surface area contributed by atoms with Gasteiger partial charge in [0, 0.05) is 14.5 Å². The van der Waals surface area contributed by atoms with E-state index in [1.165, 1.54) is 30.1 Å². The molecule has 4 rings (SSSR count). The van der Waals surface area contributed by atoms with Crippen molar-refractivity contribution in [3.63, 3.8) is 0 Å². The second-order valence-electron chi connectivity index (χ2n) is 7.23. The number of rotatable bonds is 6. The van der Waals surface area contributed by atoms with Crippen LogP contribution in [-0.4, -0.2) is 23.0 Å². The van der Waals surface area contributed by atoms with Gasteiger partial charge in [-0.05, 0) is 80.7 Å². The van der Waals surface area contributed by atoms with Crippen LogP contribution < -0.4 is 15.0 Å². The van der Waals surface area contributed by atoms with Crippen molar-refractivity contribution in [2.24, 2.45) is 5.10 Å². The van der Waals surface area contributed by atoms with Crippen molar-refractivity contribution >= 4 is 64.9 Å². The van der Waals surface area contributed by atoms with E-state index in [1.807, 2.05) is 6.07 Å². The van der Waals surface area contributed by atoms with Crippen LogP contribution in [0.15, 0.2) is 71.8 Å². The van der Waals surface area contributed by atoms with E-state index in [0.29, 0.717) is 48.3 Å². The van der Waals surface area contributed by atoms with Gasteiger partial charge in [0.15, 0.2) is 11.5 Å². The molecule has 1 heterocycles. The van der Waals surface area contributed by atoms with Crippen LogP contribution >= 0.6 is 47.8 Å². The number of methoxy groups -OCH3 is 1. The monoisotopic (exact) mass is 651 g/mol. The first-order valence-electron chi connectivity index (χ1n) is 9.95. The Morgan fingerprint density at radius 2 is 1.91 bits per heavy atom. The van der Waals surface area contributed by atoms with Gasteiger partial charge in [0.25, 0.3) is 5.56 Å². The summed E-state index contributed by atoms with van der Waals surface area (Å²) in [7, 11) is 1.52. The Morgan fingerprint density at radius 1 is 1.12 bits per heavy atom. The third-order valence-electron chi connectivity index (χ3n) is 4.93. The molecule has 0 aliphatic rings. The van der Waals surface area contributed by atoms with Crippen molar-refractivity contribution in [1.29, 1.82) is 0 Å². The summed E-state index contributed by atoms with van der Waals surface area (Å²) in [6.45, 7) is 1.87. The molecule has 3 aromatic carbocycles. The van der Waals surface area contributed by atoms with E-state index >= 15 is 0 Å². The molecule has 0 saturated heterocycles. The maximum absolute atomic E-state index is 13.5. The quantitative estimate of drug-likeness (QED) is 0.220. The molecule has 6 nitrogen and oxygen atoms in total. The van der Waals surface area contributed by atoms with Crippen LogP contribution in [0.25, 0.3) is 10.9 Å². The van der Waals surface area contributed by atoms with Gasteiger partial charge in [0.2, 0.25) is 0 Å². The molecular weight excluding hydrogens is 637 g/mol. The zero-order chi connectivity index (χ0) is 24.4. The van der Waals surface area contributed by atoms with Crippen LogP contribution in [0.4, 0.5) is 4.39 Å². The zero-order valence-electron chi connectivity index (χ0n) is 18.0. The number of aryl methyl sites for hydroxylation is 1. The number of aromatic nitrogens is 2. The Labute approximate surface area is 219 Å². The second-order valence-corrected chi connectivity index (χ2v) is 9.73. The van der Waals surface area contributed by atoms with Crippen molar-refractivity contribution in [2.75, 3.05) is 7.11 Å². The minimum Gasteiger partial charge on any atom is -0.493 e. The molecule has 0 amide bonds. The SMILES string of the molecule is COc1cc(C=Nn2c(C)nc3ccc(Br)cc3c2=O)c(Br)c(Br)c1OCc1cccc(F)c1. The molecule has 1 aromatic heterocycles. The number of hydrogen-bond acceptors (Lipinski definition) is 5. The zero-order valence-corrected chi connectivity index (χ0v) is 22.7. The van der Waals surface area contributed by atoms with E-state index in [1.54, 1.807) is 37.3 Å². The highest BCUT2D eigenvalue weighted by molar-refractivity contribution is 9.13. The van der Waals surface area contributed by atoms with Crippen LogP contribution in [-0.2, 0) is 6.61 Å². The Hall–Kier alpha value is -2.56. The molecule has 34 heavy (non-hydrogen) atoms. The van der Waals surface area contributed by atoms with E-state index in [0.717, 1.165) is 4.47 Å². The third-order valence-corrected chi connectivity index (χ3v) is 7.57. The van der Waals surface area contributed by atoms with Gasteiger partial charge in [-0.3, -0.25) is 4.79 Å². The molecule has 0 atom stereocenters. The summed E-state index contributed by atoms with van der Waals surface area (Å²) in [4.78, 5) is 17.5. The molecule has 0 aliphatic heterocycles.